The molecule has 4 rings (SSSR count). The minimum absolute atomic E-state index is 0.0660. The average Bonchev–Trinajstić information content (AvgIpc) is 2.96. The van der Waals surface area contributed by atoms with Crippen LogP contribution in [0.15, 0.2) is 95.9 Å². The lowest BCUT2D eigenvalue weighted by Gasteiger charge is -2.16. The fourth-order valence-corrected chi connectivity index (χ4v) is 5.01. The molecule has 4 aromatic rings. The molecule has 214 valence electrons. The van der Waals surface area contributed by atoms with E-state index < -0.39 is 9.84 Å². The number of hydrogen-bond donors (Lipinski definition) is 2. The summed E-state index contributed by atoms with van der Waals surface area (Å²) in [5.74, 6) is 1.28. The molecule has 0 heterocycles. The first-order valence-corrected chi connectivity index (χ1v) is 15.4. The summed E-state index contributed by atoms with van der Waals surface area (Å²) >= 11 is 0. The molecule has 1 amide bonds. The minimum atomic E-state index is -3.26. The molecule has 0 aromatic heterocycles. The molecule has 0 fully saturated rings. The lowest BCUT2D eigenvalue weighted by molar-refractivity contribution is -0.118. The number of rotatable bonds is 13. The van der Waals surface area contributed by atoms with E-state index in [2.05, 4.69) is 41.8 Å². The van der Waals surface area contributed by atoms with Gasteiger partial charge in [-0.25, -0.2) is 8.42 Å². The number of benzene rings is 4. The Balaban J connectivity index is 1.48. The molecule has 7 nitrogen and oxygen atoms in total. The van der Waals surface area contributed by atoms with Crippen molar-refractivity contribution in [2.75, 3.05) is 19.3 Å². The maximum Gasteiger partial charge on any atom is 0.216 e. The zero-order chi connectivity index (χ0) is 29.2. The topological polar surface area (TPSA) is 93.7 Å². The maximum atomic E-state index is 11.8. The highest BCUT2D eigenvalue weighted by molar-refractivity contribution is 7.90. The molecule has 0 saturated carbocycles. The lowest BCUT2D eigenvalue weighted by Crippen LogP contribution is -2.30. The summed E-state index contributed by atoms with van der Waals surface area (Å²) < 4.78 is 36.0. The van der Waals surface area contributed by atoms with Gasteiger partial charge in [0, 0.05) is 44.4 Å². The van der Waals surface area contributed by atoms with Crippen LogP contribution in [0.5, 0.6) is 11.5 Å². The third kappa shape index (κ3) is 8.67. The van der Waals surface area contributed by atoms with Gasteiger partial charge in [-0.15, -0.1) is 0 Å². The highest BCUT2D eigenvalue weighted by Crippen LogP contribution is 2.29. The smallest absolute Gasteiger partial charge is 0.216 e. The molecule has 0 radical (unpaired) electrons. The van der Waals surface area contributed by atoms with Crippen LogP contribution in [0, 0.1) is 6.92 Å². The van der Waals surface area contributed by atoms with E-state index in [1.54, 1.807) is 24.3 Å². The van der Waals surface area contributed by atoms with Crippen molar-refractivity contribution in [1.82, 2.24) is 10.6 Å². The monoisotopic (exact) mass is 572 g/mol. The number of hydrogen-bond acceptors (Lipinski definition) is 6. The fraction of sp³-hybridized carbons (Fsp3) is 0.242. The Bertz CT molecular complexity index is 1570. The third-order valence-electron chi connectivity index (χ3n) is 6.70. The number of ether oxygens (including phenoxy) is 2. The Labute approximate surface area is 242 Å². The molecule has 0 bridgehead atoms. The van der Waals surface area contributed by atoms with Crippen molar-refractivity contribution >= 4 is 15.7 Å². The van der Waals surface area contributed by atoms with Gasteiger partial charge in [-0.05, 0) is 52.9 Å². The number of amides is 1. The number of carbonyl (C=O) groups excluding carboxylic acids is 1. The molecule has 0 saturated heterocycles. The van der Waals surface area contributed by atoms with Gasteiger partial charge >= 0.3 is 0 Å². The van der Waals surface area contributed by atoms with E-state index in [0.717, 1.165) is 16.7 Å². The van der Waals surface area contributed by atoms with E-state index in [4.69, 9.17) is 9.47 Å². The van der Waals surface area contributed by atoms with Crippen LogP contribution in [0.3, 0.4) is 0 Å². The van der Waals surface area contributed by atoms with E-state index in [1.807, 2.05) is 42.5 Å². The second kappa shape index (κ2) is 14.0. The molecule has 0 atom stereocenters. The van der Waals surface area contributed by atoms with Gasteiger partial charge in [0.1, 0.15) is 24.7 Å². The van der Waals surface area contributed by atoms with Gasteiger partial charge in [0.2, 0.25) is 5.91 Å². The number of nitrogens with one attached hydrogen (secondary N) is 2. The predicted octanol–water partition coefficient (Wildman–Crippen LogP) is 5.45. The normalized spacial score (nSPS) is 11.2. The van der Waals surface area contributed by atoms with E-state index in [0.29, 0.717) is 37.7 Å². The van der Waals surface area contributed by atoms with Crippen molar-refractivity contribution in [3.63, 3.8) is 0 Å². The highest BCUT2D eigenvalue weighted by atomic mass is 32.2. The van der Waals surface area contributed by atoms with Crippen molar-refractivity contribution < 1.29 is 22.7 Å². The molecule has 0 spiro atoms. The Hall–Kier alpha value is -4.14. The van der Waals surface area contributed by atoms with Gasteiger partial charge in [-0.1, -0.05) is 66.7 Å². The van der Waals surface area contributed by atoms with E-state index in [-0.39, 0.29) is 17.4 Å². The molecule has 0 aliphatic heterocycles. The van der Waals surface area contributed by atoms with Crippen molar-refractivity contribution in [3.8, 4) is 22.6 Å². The third-order valence-corrected chi connectivity index (χ3v) is 7.83. The summed E-state index contributed by atoms with van der Waals surface area (Å²) in [5, 5.41) is 6.10. The van der Waals surface area contributed by atoms with Crippen LogP contribution in [-0.4, -0.2) is 33.7 Å². The van der Waals surface area contributed by atoms with Gasteiger partial charge in [0.25, 0.3) is 0 Å². The summed E-state index contributed by atoms with van der Waals surface area (Å²) in [4.78, 5) is 11.4. The largest absolute Gasteiger partial charge is 0.489 e. The van der Waals surface area contributed by atoms with Crippen LogP contribution >= 0.6 is 0 Å². The first kappa shape index (κ1) is 29.8. The van der Waals surface area contributed by atoms with Gasteiger partial charge in [-0.2, -0.15) is 0 Å². The minimum Gasteiger partial charge on any atom is -0.489 e. The van der Waals surface area contributed by atoms with Gasteiger partial charge < -0.3 is 20.1 Å². The van der Waals surface area contributed by atoms with Crippen LogP contribution in [0.1, 0.15) is 29.2 Å². The van der Waals surface area contributed by atoms with Crippen LogP contribution in [0.25, 0.3) is 11.1 Å². The molecule has 0 aliphatic carbocycles. The van der Waals surface area contributed by atoms with Crippen LogP contribution in [0.4, 0.5) is 0 Å². The van der Waals surface area contributed by atoms with Crippen LogP contribution in [-0.2, 0) is 34.4 Å². The SMILES string of the molecule is CC(=O)NCCNCc1ccc(OCc2cccc(-c3ccccc3)c2C)cc1OCc1ccc(S(C)(=O)=O)cc1. The van der Waals surface area contributed by atoms with Crippen molar-refractivity contribution in [3.05, 3.63) is 113 Å². The van der Waals surface area contributed by atoms with E-state index >= 15 is 0 Å². The van der Waals surface area contributed by atoms with Gasteiger partial charge in [0.15, 0.2) is 9.84 Å². The maximum absolute atomic E-state index is 11.8. The van der Waals surface area contributed by atoms with E-state index in [1.165, 1.54) is 29.9 Å². The van der Waals surface area contributed by atoms with Crippen molar-refractivity contribution in [2.45, 2.75) is 38.5 Å². The van der Waals surface area contributed by atoms with Crippen molar-refractivity contribution in [1.29, 1.82) is 0 Å². The van der Waals surface area contributed by atoms with Crippen LogP contribution in [0.2, 0.25) is 0 Å². The molecule has 41 heavy (non-hydrogen) atoms. The van der Waals surface area contributed by atoms with Crippen LogP contribution < -0.4 is 20.1 Å². The Kier molecular flexibility index (Phi) is 10.2. The molecule has 4 aromatic carbocycles. The summed E-state index contributed by atoms with van der Waals surface area (Å²) in [6.07, 6.45) is 1.19. The molecular formula is C33H36N2O5S. The number of carbonyl (C=O) groups is 1. The highest BCUT2D eigenvalue weighted by Gasteiger charge is 2.11. The first-order valence-electron chi connectivity index (χ1n) is 13.5. The quantitative estimate of drug-likeness (QED) is 0.207. The second-order valence-corrected chi connectivity index (χ2v) is 11.9. The summed E-state index contributed by atoms with van der Waals surface area (Å²) in [6, 6.07) is 29.0. The predicted molar refractivity (Wildman–Crippen MR) is 162 cm³/mol. The fourth-order valence-electron chi connectivity index (χ4n) is 4.38. The zero-order valence-corrected chi connectivity index (χ0v) is 24.5. The lowest BCUT2D eigenvalue weighted by atomic mass is 9.97. The van der Waals surface area contributed by atoms with E-state index in [9.17, 15) is 13.2 Å². The van der Waals surface area contributed by atoms with Gasteiger partial charge in [-0.3, -0.25) is 4.79 Å². The summed E-state index contributed by atoms with van der Waals surface area (Å²) in [6.45, 7) is 5.97. The Morgan fingerprint density at radius 3 is 2.27 bits per heavy atom. The summed E-state index contributed by atoms with van der Waals surface area (Å²) in [5.41, 5.74) is 6.41. The molecule has 2 N–H and O–H groups in total. The second-order valence-electron chi connectivity index (χ2n) is 9.88. The number of sulfone groups is 1. The molecule has 8 heteroatoms. The molecule has 0 aliphatic rings. The Morgan fingerprint density at radius 1 is 0.805 bits per heavy atom. The van der Waals surface area contributed by atoms with Crippen molar-refractivity contribution in [2.24, 2.45) is 0 Å². The standard InChI is InChI=1S/C33H36N2O5S/c1-24-29(10-7-11-32(24)27-8-5-4-6-9-27)23-39-30-15-14-28(21-34-18-19-35-25(2)36)33(20-30)40-22-26-12-16-31(17-13-26)41(3,37)38/h4-17,20,34H,18-19,21-23H2,1-3H3,(H,35,36). The molecule has 0 unspecified atom stereocenters. The Morgan fingerprint density at radius 2 is 1.56 bits per heavy atom. The first-order chi connectivity index (χ1) is 19.7. The van der Waals surface area contributed by atoms with Gasteiger partial charge in [0.05, 0.1) is 4.90 Å². The molecular weight excluding hydrogens is 536 g/mol. The zero-order valence-electron chi connectivity index (χ0n) is 23.6. The average molecular weight is 573 g/mol. The summed E-state index contributed by atoms with van der Waals surface area (Å²) in [7, 11) is -3.26.